The van der Waals surface area contributed by atoms with E-state index < -0.39 is 0 Å². The zero-order valence-corrected chi connectivity index (χ0v) is 5.86. The lowest BCUT2D eigenvalue weighted by atomic mass is 10.1. The lowest BCUT2D eigenvalue weighted by Gasteiger charge is -2.08. The molecule has 0 saturated heterocycles. The molecule has 0 aromatic heterocycles. The van der Waals surface area contributed by atoms with Crippen LogP contribution in [0.15, 0.2) is 0 Å². The Morgan fingerprint density at radius 2 is 1.88 bits per heavy atom. The van der Waals surface area contributed by atoms with E-state index in [1.807, 2.05) is 6.92 Å². The summed E-state index contributed by atoms with van der Waals surface area (Å²) in [6.45, 7) is 6.25. The van der Waals surface area contributed by atoms with E-state index in [-0.39, 0.29) is 11.0 Å². The van der Waals surface area contributed by atoms with Gasteiger partial charge in [-0.25, -0.2) is 0 Å². The van der Waals surface area contributed by atoms with E-state index in [0.717, 1.165) is 12.8 Å². The monoisotopic (exact) mass is 114 g/mol. The first-order valence-electron chi connectivity index (χ1n) is 3.24. The van der Waals surface area contributed by atoms with Gasteiger partial charge in [0.15, 0.2) is 0 Å². The predicted molar refractivity (Wildman–Crippen MR) is 33.6 cm³/mol. The van der Waals surface area contributed by atoms with Crippen molar-refractivity contribution in [1.82, 2.24) is 0 Å². The molecule has 1 atom stereocenters. The second kappa shape index (κ2) is 1.27. The van der Waals surface area contributed by atoms with Crippen molar-refractivity contribution in [2.75, 3.05) is 0 Å². The molecule has 1 saturated carbocycles. The molecule has 8 heavy (non-hydrogen) atoms. The molecule has 0 aromatic carbocycles. The molecule has 0 spiro atoms. The van der Waals surface area contributed by atoms with E-state index in [9.17, 15) is 5.11 Å². The highest BCUT2D eigenvalue weighted by Crippen LogP contribution is 2.57. The van der Waals surface area contributed by atoms with Gasteiger partial charge in [0.2, 0.25) is 0 Å². The SMILES string of the molecule is CCC1(O)CC1(C)C. The van der Waals surface area contributed by atoms with Gasteiger partial charge in [-0.15, -0.1) is 0 Å². The molecule has 1 N–H and O–H groups in total. The van der Waals surface area contributed by atoms with Gasteiger partial charge in [0.25, 0.3) is 0 Å². The van der Waals surface area contributed by atoms with Crippen LogP contribution in [-0.2, 0) is 0 Å². The minimum absolute atomic E-state index is 0.210. The van der Waals surface area contributed by atoms with Crippen molar-refractivity contribution < 1.29 is 5.11 Å². The highest BCUT2D eigenvalue weighted by molar-refractivity contribution is 5.09. The van der Waals surface area contributed by atoms with Crippen LogP contribution in [0.1, 0.15) is 33.6 Å². The molecule has 1 fully saturated rings. The standard InChI is InChI=1S/C7H14O/c1-4-7(8)5-6(7,2)3/h8H,4-5H2,1-3H3. The first kappa shape index (κ1) is 6.09. The highest BCUT2D eigenvalue weighted by atomic mass is 16.3. The summed E-state index contributed by atoms with van der Waals surface area (Å²) in [5.41, 5.74) is -0.102. The summed E-state index contributed by atoms with van der Waals surface area (Å²) < 4.78 is 0. The molecular weight excluding hydrogens is 100 g/mol. The molecule has 0 heterocycles. The van der Waals surface area contributed by atoms with E-state index in [2.05, 4.69) is 13.8 Å². The quantitative estimate of drug-likeness (QED) is 0.548. The van der Waals surface area contributed by atoms with Crippen LogP contribution >= 0.6 is 0 Å². The maximum atomic E-state index is 9.47. The van der Waals surface area contributed by atoms with Crippen LogP contribution in [0.5, 0.6) is 0 Å². The zero-order chi connectivity index (χ0) is 6.41. The van der Waals surface area contributed by atoms with Crippen LogP contribution in [0, 0.1) is 5.41 Å². The summed E-state index contributed by atoms with van der Waals surface area (Å²) in [6, 6.07) is 0. The molecule has 0 radical (unpaired) electrons. The van der Waals surface area contributed by atoms with Gasteiger partial charge in [0.1, 0.15) is 0 Å². The molecule has 1 nitrogen and oxygen atoms in total. The van der Waals surface area contributed by atoms with E-state index in [1.165, 1.54) is 0 Å². The van der Waals surface area contributed by atoms with Crippen LogP contribution < -0.4 is 0 Å². The molecule has 1 heteroatoms. The fourth-order valence-electron chi connectivity index (χ4n) is 1.29. The smallest absolute Gasteiger partial charge is 0.0703 e. The van der Waals surface area contributed by atoms with Gasteiger partial charge in [0, 0.05) is 0 Å². The van der Waals surface area contributed by atoms with Gasteiger partial charge in [-0.05, 0) is 18.3 Å². The van der Waals surface area contributed by atoms with Gasteiger partial charge in [0.05, 0.1) is 5.60 Å². The summed E-state index contributed by atoms with van der Waals surface area (Å²) in [5, 5.41) is 9.47. The minimum atomic E-state index is -0.312. The topological polar surface area (TPSA) is 20.2 Å². The second-order valence-corrected chi connectivity index (χ2v) is 3.45. The van der Waals surface area contributed by atoms with Gasteiger partial charge >= 0.3 is 0 Å². The Balaban J connectivity index is 2.55. The fraction of sp³-hybridized carbons (Fsp3) is 1.00. The molecule has 48 valence electrons. The third-order valence-corrected chi connectivity index (χ3v) is 2.45. The molecule has 1 rings (SSSR count). The van der Waals surface area contributed by atoms with Crippen molar-refractivity contribution in [3.05, 3.63) is 0 Å². The van der Waals surface area contributed by atoms with Crippen molar-refractivity contribution in [2.24, 2.45) is 5.41 Å². The van der Waals surface area contributed by atoms with Gasteiger partial charge in [-0.3, -0.25) is 0 Å². The van der Waals surface area contributed by atoms with Crippen LogP contribution in [0.3, 0.4) is 0 Å². The minimum Gasteiger partial charge on any atom is -0.389 e. The van der Waals surface area contributed by atoms with Gasteiger partial charge in [-0.1, -0.05) is 20.8 Å². The fourth-order valence-corrected chi connectivity index (χ4v) is 1.29. The molecular formula is C7H14O. The number of hydrogen-bond acceptors (Lipinski definition) is 1. The maximum Gasteiger partial charge on any atom is 0.0703 e. The molecule has 1 aliphatic rings. The average Bonchev–Trinajstić information content (AvgIpc) is 2.10. The van der Waals surface area contributed by atoms with Crippen LogP contribution in [0.4, 0.5) is 0 Å². The summed E-state index contributed by atoms with van der Waals surface area (Å²) in [7, 11) is 0. The largest absolute Gasteiger partial charge is 0.389 e. The Bertz CT molecular complexity index is 107. The summed E-state index contributed by atoms with van der Waals surface area (Å²) >= 11 is 0. The van der Waals surface area contributed by atoms with E-state index in [1.54, 1.807) is 0 Å². The van der Waals surface area contributed by atoms with Crippen molar-refractivity contribution in [3.63, 3.8) is 0 Å². The normalized spacial score (nSPS) is 42.0. The molecule has 1 aliphatic carbocycles. The highest BCUT2D eigenvalue weighted by Gasteiger charge is 2.58. The van der Waals surface area contributed by atoms with E-state index in [0.29, 0.717) is 0 Å². The molecule has 0 aliphatic heterocycles. The Kier molecular flexibility index (Phi) is 0.965. The van der Waals surface area contributed by atoms with Crippen molar-refractivity contribution in [3.8, 4) is 0 Å². The Morgan fingerprint density at radius 3 is 1.88 bits per heavy atom. The zero-order valence-electron chi connectivity index (χ0n) is 5.86. The van der Waals surface area contributed by atoms with Crippen LogP contribution in [-0.4, -0.2) is 10.7 Å². The van der Waals surface area contributed by atoms with Gasteiger partial charge in [-0.2, -0.15) is 0 Å². The Morgan fingerprint density at radius 1 is 1.50 bits per heavy atom. The summed E-state index contributed by atoms with van der Waals surface area (Å²) in [5.74, 6) is 0. The molecule has 1 unspecified atom stereocenters. The molecule has 0 aromatic rings. The van der Waals surface area contributed by atoms with Crippen molar-refractivity contribution in [1.29, 1.82) is 0 Å². The number of hydrogen-bond donors (Lipinski definition) is 1. The average molecular weight is 114 g/mol. The lowest BCUT2D eigenvalue weighted by Crippen LogP contribution is -2.12. The molecule has 0 bridgehead atoms. The second-order valence-electron chi connectivity index (χ2n) is 3.45. The first-order valence-corrected chi connectivity index (χ1v) is 3.24. The van der Waals surface area contributed by atoms with Crippen molar-refractivity contribution >= 4 is 0 Å². The number of rotatable bonds is 1. The predicted octanol–water partition coefficient (Wildman–Crippen LogP) is 1.56. The van der Waals surface area contributed by atoms with E-state index >= 15 is 0 Å². The van der Waals surface area contributed by atoms with E-state index in [4.69, 9.17) is 0 Å². The third kappa shape index (κ3) is 0.576. The number of aliphatic hydroxyl groups is 1. The Hall–Kier alpha value is -0.0400. The maximum absolute atomic E-state index is 9.47. The summed E-state index contributed by atoms with van der Waals surface area (Å²) in [4.78, 5) is 0. The first-order chi connectivity index (χ1) is 3.52. The Labute approximate surface area is 50.7 Å². The lowest BCUT2D eigenvalue weighted by molar-refractivity contribution is 0.105. The van der Waals surface area contributed by atoms with Crippen LogP contribution in [0.25, 0.3) is 0 Å². The third-order valence-electron chi connectivity index (χ3n) is 2.45. The van der Waals surface area contributed by atoms with Crippen LogP contribution in [0.2, 0.25) is 0 Å². The van der Waals surface area contributed by atoms with Gasteiger partial charge < -0.3 is 5.11 Å². The van der Waals surface area contributed by atoms with Crippen molar-refractivity contribution in [2.45, 2.75) is 39.2 Å². The summed E-state index contributed by atoms with van der Waals surface area (Å²) in [6.07, 6.45) is 1.89. The molecule has 0 amide bonds.